The zero-order valence-electron chi connectivity index (χ0n) is 30.2. The minimum Gasteiger partial charge on any atom is -0.458 e. The van der Waals surface area contributed by atoms with E-state index in [0.717, 1.165) is 21.6 Å². The molecule has 0 fully saturated rings. The number of amides is 5. The third-order valence-corrected chi connectivity index (χ3v) is 7.99. The molecule has 270 valence electrons. The Hall–Kier alpha value is -5.01. The lowest BCUT2D eigenvalue weighted by Gasteiger charge is -2.36. The summed E-state index contributed by atoms with van der Waals surface area (Å²) < 4.78 is 11.1. The van der Waals surface area contributed by atoms with E-state index in [1.165, 1.54) is 5.01 Å². The molecule has 3 heterocycles. The van der Waals surface area contributed by atoms with E-state index in [2.05, 4.69) is 15.4 Å². The lowest BCUT2D eigenvalue weighted by molar-refractivity contribution is -0.162. The van der Waals surface area contributed by atoms with Crippen molar-refractivity contribution in [3.05, 3.63) is 59.4 Å². The van der Waals surface area contributed by atoms with Gasteiger partial charge in [0.05, 0.1) is 17.5 Å². The van der Waals surface area contributed by atoms with Crippen molar-refractivity contribution >= 4 is 41.3 Å². The molecule has 2 aliphatic heterocycles. The molecule has 1 aromatic carbocycles. The summed E-state index contributed by atoms with van der Waals surface area (Å²) in [5.74, 6) is -1.78. The van der Waals surface area contributed by atoms with Gasteiger partial charge in [-0.2, -0.15) is 5.10 Å². The van der Waals surface area contributed by atoms with Crippen LogP contribution in [-0.2, 0) is 36.9 Å². The number of hydrogen-bond donors (Lipinski definition) is 2. The summed E-state index contributed by atoms with van der Waals surface area (Å²) in [5, 5.41) is 9.00. The van der Waals surface area contributed by atoms with Crippen molar-refractivity contribution < 1.29 is 33.4 Å². The number of benzene rings is 1. The lowest BCUT2D eigenvalue weighted by atomic mass is 9.82. The molecule has 0 radical (unpaired) electrons. The largest absolute Gasteiger partial charge is 0.458 e. The molecule has 3 N–H and O–H groups in total. The summed E-state index contributed by atoms with van der Waals surface area (Å²) in [6.45, 7) is 14.9. The van der Waals surface area contributed by atoms with E-state index in [1.54, 1.807) is 71.0 Å². The molecule has 0 saturated carbocycles. The molecule has 14 nitrogen and oxygen atoms in total. The maximum Gasteiger partial charge on any atom is 0.411 e. The van der Waals surface area contributed by atoms with Crippen LogP contribution in [0.1, 0.15) is 91.3 Å². The summed E-state index contributed by atoms with van der Waals surface area (Å²) in [6.07, 6.45) is 2.80. The third-order valence-electron chi connectivity index (χ3n) is 7.99. The highest BCUT2D eigenvalue weighted by atomic mass is 16.6. The van der Waals surface area contributed by atoms with Gasteiger partial charge in [0.25, 0.3) is 0 Å². The first-order valence-electron chi connectivity index (χ1n) is 16.7. The quantitative estimate of drug-likeness (QED) is 0.334. The van der Waals surface area contributed by atoms with E-state index in [1.807, 2.05) is 32.0 Å². The summed E-state index contributed by atoms with van der Waals surface area (Å²) in [6, 6.07) is 7.66. The van der Waals surface area contributed by atoms with Crippen molar-refractivity contribution in [2.45, 2.75) is 105 Å². The maximum atomic E-state index is 13.5. The zero-order valence-corrected chi connectivity index (χ0v) is 30.2. The van der Waals surface area contributed by atoms with Gasteiger partial charge >= 0.3 is 18.1 Å². The van der Waals surface area contributed by atoms with Crippen LogP contribution in [0.5, 0.6) is 0 Å². The van der Waals surface area contributed by atoms with E-state index < -0.39 is 47.0 Å². The van der Waals surface area contributed by atoms with Crippen molar-refractivity contribution in [3.63, 3.8) is 0 Å². The summed E-state index contributed by atoms with van der Waals surface area (Å²) >= 11 is 0. The molecule has 5 amide bonds. The highest BCUT2D eigenvalue weighted by molar-refractivity contribution is 6.06. The molecule has 1 aromatic heterocycles. The second kappa shape index (κ2) is 14.9. The Balaban J connectivity index is 1.48. The average Bonchev–Trinajstić information content (AvgIpc) is 3.43. The lowest BCUT2D eigenvalue weighted by Crippen LogP contribution is -2.51. The first-order chi connectivity index (χ1) is 23.2. The van der Waals surface area contributed by atoms with Gasteiger partial charge < -0.3 is 25.4 Å². The number of nitrogens with two attached hydrogens (primary N) is 1. The number of carbonyl (C=O) groups is 5. The average molecular weight is 692 g/mol. The molecule has 0 bridgehead atoms. The van der Waals surface area contributed by atoms with Crippen molar-refractivity contribution in [1.82, 2.24) is 19.8 Å². The Morgan fingerprint density at radius 2 is 1.62 bits per heavy atom. The Bertz CT molecular complexity index is 1620. The van der Waals surface area contributed by atoms with Crippen LogP contribution in [0.3, 0.4) is 0 Å². The smallest absolute Gasteiger partial charge is 0.411 e. The number of aromatic nitrogens is 1. The van der Waals surface area contributed by atoms with E-state index in [4.69, 9.17) is 15.2 Å². The van der Waals surface area contributed by atoms with Crippen molar-refractivity contribution in [3.8, 4) is 0 Å². The van der Waals surface area contributed by atoms with Crippen LogP contribution in [0.4, 0.5) is 15.3 Å². The Kier molecular flexibility index (Phi) is 11.2. The molecule has 2 aliphatic rings. The van der Waals surface area contributed by atoms with Gasteiger partial charge in [-0.05, 0) is 82.9 Å². The Morgan fingerprint density at radius 1 is 0.980 bits per heavy atom. The fourth-order valence-corrected chi connectivity index (χ4v) is 5.66. The molecule has 4 rings (SSSR count). The van der Waals surface area contributed by atoms with Crippen molar-refractivity contribution in [2.24, 2.45) is 16.3 Å². The van der Waals surface area contributed by atoms with E-state index in [-0.39, 0.29) is 31.4 Å². The second-order valence-electron chi connectivity index (χ2n) is 15.3. The van der Waals surface area contributed by atoms with Gasteiger partial charge in [-0.15, -0.1) is 0 Å². The minimum atomic E-state index is -1.33. The molecule has 14 heteroatoms. The van der Waals surface area contributed by atoms with Gasteiger partial charge in [0.2, 0.25) is 11.8 Å². The number of esters is 1. The molecule has 0 unspecified atom stereocenters. The van der Waals surface area contributed by atoms with Gasteiger partial charge in [0.15, 0.2) is 0 Å². The molecule has 0 spiro atoms. The van der Waals surface area contributed by atoms with Crippen LogP contribution < -0.4 is 11.1 Å². The minimum absolute atomic E-state index is 0.0474. The van der Waals surface area contributed by atoms with Crippen LogP contribution in [-0.4, -0.2) is 85.7 Å². The Labute approximate surface area is 293 Å². The number of nitrogens with zero attached hydrogens (tertiary/aromatic N) is 5. The van der Waals surface area contributed by atoms with Crippen LogP contribution in [0.25, 0.3) is 0 Å². The summed E-state index contributed by atoms with van der Waals surface area (Å²) in [5.41, 5.74) is 7.13. The SMILES string of the molecule is CC(C)(C)OC(=O)[C@H](CC(N)=O)N(CCCN1N=C(c2ccc(NC(=O)N3Cc4ccncc4C3)cc2)CC(C)(C)C1=O)C(=O)OC(C)(C)C. The molecule has 1 atom stereocenters. The number of rotatable bonds is 10. The van der Waals surface area contributed by atoms with E-state index in [9.17, 15) is 24.0 Å². The number of carbonyl (C=O) groups excluding carboxylic acids is 5. The zero-order chi connectivity index (χ0) is 37.0. The fraction of sp³-hybridized carbons (Fsp3) is 0.528. The van der Waals surface area contributed by atoms with Crippen LogP contribution in [0, 0.1) is 5.41 Å². The number of urea groups is 1. The molecule has 0 aliphatic carbocycles. The molecular formula is C36H49N7O7. The predicted molar refractivity (Wildman–Crippen MR) is 187 cm³/mol. The van der Waals surface area contributed by atoms with Crippen molar-refractivity contribution in [2.75, 3.05) is 18.4 Å². The number of fused-ring (bicyclic) bond motifs is 1. The predicted octanol–water partition coefficient (Wildman–Crippen LogP) is 4.80. The van der Waals surface area contributed by atoms with Gasteiger partial charge in [0, 0.05) is 50.7 Å². The highest BCUT2D eigenvalue weighted by Crippen LogP contribution is 2.32. The maximum absolute atomic E-state index is 13.5. The number of hydrazone groups is 1. The monoisotopic (exact) mass is 691 g/mol. The fourth-order valence-electron chi connectivity index (χ4n) is 5.66. The van der Waals surface area contributed by atoms with Gasteiger partial charge in [-0.3, -0.25) is 19.5 Å². The second-order valence-corrected chi connectivity index (χ2v) is 15.3. The topological polar surface area (TPSA) is 177 Å². The Morgan fingerprint density at radius 3 is 2.22 bits per heavy atom. The third kappa shape index (κ3) is 10.0. The number of ether oxygens (including phenoxy) is 2. The standard InChI is InChI=1S/C36H49N7O7/c1-34(2,3)49-30(45)28(18-29(37)44)42(33(48)50-35(4,5)6)16-9-17-43-31(46)36(7,8)19-27(40-43)23-10-12-26(13-11-23)39-32(47)41-21-24-14-15-38-20-25(24)22-41/h10-15,20,28H,9,16-19,21-22H2,1-8H3,(H2,37,44)(H,39,47)/t28-/m0/s1. The van der Waals surface area contributed by atoms with E-state index >= 15 is 0 Å². The number of anilines is 1. The number of hydrogen-bond acceptors (Lipinski definition) is 9. The number of nitrogens with one attached hydrogen (secondary N) is 1. The van der Waals surface area contributed by atoms with Gasteiger partial charge in [-0.25, -0.2) is 19.4 Å². The number of primary amides is 1. The highest BCUT2D eigenvalue weighted by Gasteiger charge is 2.40. The number of pyridine rings is 1. The van der Waals surface area contributed by atoms with Crippen LogP contribution in [0.15, 0.2) is 47.8 Å². The van der Waals surface area contributed by atoms with Crippen LogP contribution in [0.2, 0.25) is 0 Å². The first kappa shape index (κ1) is 37.8. The van der Waals surface area contributed by atoms with Gasteiger partial charge in [-0.1, -0.05) is 26.0 Å². The normalized spacial score (nSPS) is 16.2. The first-order valence-corrected chi connectivity index (χ1v) is 16.7. The molecular weight excluding hydrogens is 642 g/mol. The van der Waals surface area contributed by atoms with Gasteiger partial charge in [0.1, 0.15) is 17.2 Å². The molecule has 50 heavy (non-hydrogen) atoms. The van der Waals surface area contributed by atoms with Crippen molar-refractivity contribution in [1.29, 1.82) is 0 Å². The summed E-state index contributed by atoms with van der Waals surface area (Å²) in [7, 11) is 0. The summed E-state index contributed by atoms with van der Waals surface area (Å²) in [4.78, 5) is 72.0. The molecule has 0 saturated heterocycles. The molecule has 2 aromatic rings. The van der Waals surface area contributed by atoms with Crippen LogP contribution >= 0.6 is 0 Å². The van der Waals surface area contributed by atoms with E-state index in [0.29, 0.717) is 30.9 Å².